The second-order valence-electron chi connectivity index (χ2n) is 4.30. The molecule has 1 N–H and O–H groups in total. The molecule has 10 heteroatoms. The summed E-state index contributed by atoms with van der Waals surface area (Å²) in [6, 6.07) is 2.19. The Bertz CT molecular complexity index is 712. The van der Waals surface area contributed by atoms with E-state index < -0.39 is 30.0 Å². The molecule has 5 nitrogen and oxygen atoms in total. The van der Waals surface area contributed by atoms with Crippen molar-refractivity contribution in [3.05, 3.63) is 41.6 Å². The molecule has 124 valence electrons. The number of hydrogen-bond acceptors (Lipinski definition) is 4. The van der Waals surface area contributed by atoms with Crippen LogP contribution in [0.15, 0.2) is 29.0 Å². The van der Waals surface area contributed by atoms with Crippen molar-refractivity contribution in [2.75, 3.05) is 5.32 Å². The van der Waals surface area contributed by atoms with Crippen LogP contribution in [0.5, 0.6) is 5.75 Å². The average Bonchev–Trinajstić information content (AvgIpc) is 2.85. The fourth-order valence-electron chi connectivity index (χ4n) is 1.74. The first kappa shape index (κ1) is 16.7. The highest BCUT2D eigenvalue weighted by Gasteiger charge is 2.35. The van der Waals surface area contributed by atoms with Gasteiger partial charge in [0.05, 0.1) is 5.56 Å². The van der Waals surface area contributed by atoms with Crippen molar-refractivity contribution < 1.29 is 35.9 Å². The van der Waals surface area contributed by atoms with Crippen LogP contribution in [0, 0.1) is 6.92 Å². The molecule has 0 saturated heterocycles. The summed E-state index contributed by atoms with van der Waals surface area (Å²) in [6.07, 6.45) is -3.93. The number of nitrogens with zero attached hydrogens (tertiary/aromatic N) is 1. The molecule has 0 radical (unpaired) electrons. The van der Waals surface area contributed by atoms with E-state index in [-0.39, 0.29) is 17.1 Å². The second kappa shape index (κ2) is 6.23. The van der Waals surface area contributed by atoms with Gasteiger partial charge in [-0.05, 0) is 25.1 Å². The van der Waals surface area contributed by atoms with Crippen molar-refractivity contribution in [3.8, 4) is 5.75 Å². The van der Waals surface area contributed by atoms with Gasteiger partial charge in [0.1, 0.15) is 11.5 Å². The molecule has 1 aromatic carbocycles. The Labute approximate surface area is 126 Å². The highest BCUT2D eigenvalue weighted by atomic mass is 19.4. The van der Waals surface area contributed by atoms with Crippen LogP contribution < -0.4 is 10.1 Å². The number of rotatable bonds is 4. The summed E-state index contributed by atoms with van der Waals surface area (Å²) in [7, 11) is 0. The Morgan fingerprint density at radius 1 is 1.35 bits per heavy atom. The van der Waals surface area contributed by atoms with E-state index in [0.29, 0.717) is 12.1 Å². The van der Waals surface area contributed by atoms with Gasteiger partial charge in [-0.2, -0.15) is 22.0 Å². The van der Waals surface area contributed by atoms with Crippen LogP contribution in [0.2, 0.25) is 0 Å². The number of anilines is 1. The van der Waals surface area contributed by atoms with Crippen LogP contribution in [0.1, 0.15) is 21.8 Å². The first-order valence-corrected chi connectivity index (χ1v) is 6.06. The Hall–Kier alpha value is -2.65. The van der Waals surface area contributed by atoms with E-state index in [2.05, 4.69) is 15.0 Å². The molecule has 2 aromatic rings. The second-order valence-corrected chi connectivity index (χ2v) is 4.30. The third-order valence-corrected chi connectivity index (χ3v) is 2.72. The maximum absolute atomic E-state index is 12.9. The van der Waals surface area contributed by atoms with E-state index in [1.807, 2.05) is 0 Å². The van der Waals surface area contributed by atoms with Crippen LogP contribution >= 0.6 is 0 Å². The molecular formula is C13H9F5N2O3. The van der Waals surface area contributed by atoms with Crippen LogP contribution in [0.25, 0.3) is 0 Å². The molecule has 23 heavy (non-hydrogen) atoms. The fourth-order valence-corrected chi connectivity index (χ4v) is 1.74. The number of alkyl halides is 5. The van der Waals surface area contributed by atoms with Crippen LogP contribution in [-0.4, -0.2) is 17.5 Å². The van der Waals surface area contributed by atoms with Crippen molar-refractivity contribution in [1.29, 1.82) is 0 Å². The van der Waals surface area contributed by atoms with E-state index in [1.165, 1.54) is 6.92 Å². The summed E-state index contributed by atoms with van der Waals surface area (Å²) < 4.78 is 71.6. The van der Waals surface area contributed by atoms with Crippen molar-refractivity contribution in [1.82, 2.24) is 4.98 Å². The monoisotopic (exact) mass is 336 g/mol. The fraction of sp³-hybridized carbons (Fsp3) is 0.231. The normalized spacial score (nSPS) is 11.6. The number of aromatic nitrogens is 1. The predicted molar refractivity (Wildman–Crippen MR) is 67.3 cm³/mol. The number of ether oxygens (including phenoxy) is 1. The van der Waals surface area contributed by atoms with Gasteiger partial charge in [0.25, 0.3) is 5.91 Å². The molecule has 0 unspecified atom stereocenters. The third-order valence-electron chi connectivity index (χ3n) is 2.72. The minimum atomic E-state index is -4.94. The van der Waals surface area contributed by atoms with Gasteiger partial charge in [0.2, 0.25) is 0 Å². The lowest BCUT2D eigenvalue weighted by Gasteiger charge is -2.15. The van der Waals surface area contributed by atoms with Gasteiger partial charge in [-0.1, -0.05) is 0 Å². The van der Waals surface area contributed by atoms with Crippen molar-refractivity contribution in [2.45, 2.75) is 19.7 Å². The van der Waals surface area contributed by atoms with E-state index in [0.717, 1.165) is 12.5 Å². The number of halogens is 5. The van der Waals surface area contributed by atoms with Crippen LogP contribution in [0.4, 0.5) is 27.6 Å². The number of carbonyl (C=O) groups excluding carboxylic acids is 1. The summed E-state index contributed by atoms with van der Waals surface area (Å²) in [5.41, 5.74) is -1.80. The molecule has 0 aliphatic heterocycles. The number of carbonyl (C=O) groups is 1. The van der Waals surface area contributed by atoms with E-state index in [9.17, 15) is 26.7 Å². The number of benzene rings is 1. The standard InChI is InChI=1S/C13H9F5N2O3/c1-6-10(19-5-22-6)11(21)20-7-2-3-9(23-12(14)15)8(4-7)13(16,17)18/h2-5,12H,1H3,(H,20,21). The van der Waals surface area contributed by atoms with Crippen LogP contribution in [0.3, 0.4) is 0 Å². The predicted octanol–water partition coefficient (Wildman–Crippen LogP) is 3.86. The van der Waals surface area contributed by atoms with Crippen molar-refractivity contribution >= 4 is 11.6 Å². The number of aryl methyl sites for hydroxylation is 1. The molecular weight excluding hydrogens is 327 g/mol. The van der Waals surface area contributed by atoms with E-state index in [4.69, 9.17) is 4.42 Å². The van der Waals surface area contributed by atoms with Gasteiger partial charge in [0, 0.05) is 5.69 Å². The maximum atomic E-state index is 12.9. The molecule has 0 saturated carbocycles. The van der Waals surface area contributed by atoms with E-state index >= 15 is 0 Å². The van der Waals surface area contributed by atoms with Crippen molar-refractivity contribution in [3.63, 3.8) is 0 Å². The van der Waals surface area contributed by atoms with E-state index in [1.54, 1.807) is 0 Å². The highest BCUT2D eigenvalue weighted by Crippen LogP contribution is 2.38. The quantitative estimate of drug-likeness (QED) is 0.861. The molecule has 0 bridgehead atoms. The van der Waals surface area contributed by atoms with Gasteiger partial charge in [-0.15, -0.1) is 0 Å². The zero-order chi connectivity index (χ0) is 17.2. The summed E-state index contributed by atoms with van der Waals surface area (Å²) in [5.74, 6) is -1.66. The summed E-state index contributed by atoms with van der Waals surface area (Å²) in [6.45, 7) is -1.96. The minimum Gasteiger partial charge on any atom is -0.448 e. The van der Waals surface area contributed by atoms with Gasteiger partial charge < -0.3 is 14.5 Å². The lowest BCUT2D eigenvalue weighted by molar-refractivity contribution is -0.141. The van der Waals surface area contributed by atoms with Gasteiger partial charge in [0.15, 0.2) is 12.1 Å². The molecule has 1 heterocycles. The first-order chi connectivity index (χ1) is 10.7. The molecule has 0 atom stereocenters. The molecule has 0 fully saturated rings. The number of nitrogens with one attached hydrogen (secondary N) is 1. The Kier molecular flexibility index (Phi) is 4.52. The van der Waals surface area contributed by atoms with Crippen LogP contribution in [-0.2, 0) is 6.18 Å². The Balaban J connectivity index is 2.30. The summed E-state index contributed by atoms with van der Waals surface area (Å²) in [5, 5.41) is 2.17. The van der Waals surface area contributed by atoms with Crippen molar-refractivity contribution in [2.24, 2.45) is 0 Å². The maximum Gasteiger partial charge on any atom is 0.420 e. The molecule has 0 aliphatic carbocycles. The highest BCUT2D eigenvalue weighted by molar-refractivity contribution is 6.03. The molecule has 1 amide bonds. The minimum absolute atomic E-state index is 0.105. The number of amides is 1. The van der Waals surface area contributed by atoms with Gasteiger partial charge in [-0.25, -0.2) is 4.98 Å². The topological polar surface area (TPSA) is 64.4 Å². The molecule has 2 rings (SSSR count). The van der Waals surface area contributed by atoms with Gasteiger partial charge >= 0.3 is 12.8 Å². The molecule has 0 aliphatic rings. The largest absolute Gasteiger partial charge is 0.448 e. The Morgan fingerprint density at radius 2 is 2.04 bits per heavy atom. The molecule has 0 spiro atoms. The number of hydrogen-bond donors (Lipinski definition) is 1. The number of oxazole rings is 1. The average molecular weight is 336 g/mol. The molecule has 1 aromatic heterocycles. The zero-order valence-corrected chi connectivity index (χ0v) is 11.4. The SMILES string of the molecule is Cc1ocnc1C(=O)Nc1ccc(OC(F)F)c(C(F)(F)F)c1. The van der Waals surface area contributed by atoms with Gasteiger partial charge in [-0.3, -0.25) is 4.79 Å². The first-order valence-electron chi connectivity index (χ1n) is 6.06. The lowest BCUT2D eigenvalue weighted by Crippen LogP contribution is -2.16. The Morgan fingerprint density at radius 3 is 2.57 bits per heavy atom. The summed E-state index contributed by atoms with van der Waals surface area (Å²) in [4.78, 5) is 15.5. The zero-order valence-electron chi connectivity index (χ0n) is 11.4. The smallest absolute Gasteiger partial charge is 0.420 e. The lowest BCUT2D eigenvalue weighted by atomic mass is 10.1. The third kappa shape index (κ3) is 3.96. The summed E-state index contributed by atoms with van der Waals surface area (Å²) >= 11 is 0.